The van der Waals surface area contributed by atoms with Crippen LogP contribution in [0.3, 0.4) is 0 Å². The van der Waals surface area contributed by atoms with Crippen LogP contribution in [0, 0.1) is 16.7 Å². The van der Waals surface area contributed by atoms with Gasteiger partial charge in [0.25, 0.3) is 0 Å². The van der Waals surface area contributed by atoms with E-state index >= 15 is 0 Å². The number of nitrogens with zero attached hydrogens (tertiary/aromatic N) is 1. The summed E-state index contributed by atoms with van der Waals surface area (Å²) in [6, 6.07) is 15.1. The van der Waals surface area contributed by atoms with Gasteiger partial charge in [-0.3, -0.25) is 9.80 Å². The highest BCUT2D eigenvalue weighted by Crippen LogP contribution is 2.67. The molecule has 3 nitrogen and oxygen atoms in total. The van der Waals surface area contributed by atoms with Crippen molar-refractivity contribution in [3.63, 3.8) is 0 Å². The van der Waals surface area contributed by atoms with E-state index < -0.39 is 0 Å². The van der Waals surface area contributed by atoms with Crippen LogP contribution in [0.15, 0.2) is 42.5 Å². The Morgan fingerprint density at radius 1 is 1.17 bits per heavy atom. The molecule has 1 spiro atoms. The highest BCUT2D eigenvalue weighted by atomic mass is 16.2. The molecule has 124 valence electrons. The SMILES string of the molecule is CC1(C)[C@@H]2CC[C@]13C(=O)N(Cc1cccc4ccccc14)N[C@@H]3C2. The molecule has 3 heteroatoms. The Balaban J connectivity index is 1.51. The molecular formula is C21H24N2O. The zero-order chi connectivity index (χ0) is 16.5. The molecule has 2 bridgehead atoms. The summed E-state index contributed by atoms with van der Waals surface area (Å²) in [7, 11) is 0. The minimum Gasteiger partial charge on any atom is -0.273 e. The lowest BCUT2D eigenvalue weighted by Gasteiger charge is -2.35. The predicted octanol–water partition coefficient (Wildman–Crippen LogP) is 3.88. The molecule has 0 unspecified atom stereocenters. The number of fused-ring (bicyclic) bond motifs is 2. The van der Waals surface area contributed by atoms with Gasteiger partial charge in [-0.25, -0.2) is 5.43 Å². The van der Waals surface area contributed by atoms with E-state index in [1.807, 2.05) is 5.01 Å². The van der Waals surface area contributed by atoms with Crippen molar-refractivity contribution in [2.45, 2.75) is 45.7 Å². The molecule has 0 radical (unpaired) electrons. The van der Waals surface area contributed by atoms with E-state index in [1.54, 1.807) is 0 Å². The Kier molecular flexibility index (Phi) is 2.78. The largest absolute Gasteiger partial charge is 0.273 e. The fourth-order valence-corrected chi connectivity index (χ4v) is 5.87. The summed E-state index contributed by atoms with van der Waals surface area (Å²) in [4.78, 5) is 13.4. The predicted molar refractivity (Wildman–Crippen MR) is 95.0 cm³/mol. The zero-order valence-electron chi connectivity index (χ0n) is 14.4. The Morgan fingerprint density at radius 2 is 1.96 bits per heavy atom. The first-order valence-corrected chi connectivity index (χ1v) is 9.09. The molecule has 2 aliphatic carbocycles. The summed E-state index contributed by atoms with van der Waals surface area (Å²) in [6.45, 7) is 5.27. The number of benzene rings is 2. The van der Waals surface area contributed by atoms with E-state index in [4.69, 9.17) is 0 Å². The second-order valence-corrected chi connectivity index (χ2v) is 8.38. The first-order valence-electron chi connectivity index (χ1n) is 9.09. The number of hydrogen-bond donors (Lipinski definition) is 1. The monoisotopic (exact) mass is 320 g/mol. The fourth-order valence-electron chi connectivity index (χ4n) is 5.87. The molecule has 24 heavy (non-hydrogen) atoms. The van der Waals surface area contributed by atoms with Gasteiger partial charge in [-0.1, -0.05) is 56.3 Å². The van der Waals surface area contributed by atoms with Crippen molar-refractivity contribution < 1.29 is 4.79 Å². The van der Waals surface area contributed by atoms with Gasteiger partial charge >= 0.3 is 0 Å². The van der Waals surface area contributed by atoms with E-state index in [2.05, 4.69) is 61.7 Å². The van der Waals surface area contributed by atoms with Crippen molar-refractivity contribution in [2.75, 3.05) is 0 Å². The third-order valence-electron chi connectivity index (χ3n) is 7.32. The maximum absolute atomic E-state index is 13.4. The maximum Gasteiger partial charge on any atom is 0.245 e. The first-order chi connectivity index (χ1) is 11.5. The third kappa shape index (κ3) is 1.59. The average molecular weight is 320 g/mol. The number of carbonyl (C=O) groups excluding carboxylic acids is 1. The Bertz CT molecular complexity index is 837. The van der Waals surface area contributed by atoms with Gasteiger partial charge in [0.05, 0.1) is 12.0 Å². The van der Waals surface area contributed by atoms with Crippen molar-refractivity contribution in [2.24, 2.45) is 16.7 Å². The molecule has 2 aromatic rings. The molecule has 3 atom stereocenters. The van der Waals surface area contributed by atoms with Crippen LogP contribution in [-0.4, -0.2) is 17.0 Å². The first kappa shape index (κ1) is 14.5. The van der Waals surface area contributed by atoms with Crippen molar-refractivity contribution in [3.8, 4) is 0 Å². The second kappa shape index (κ2) is 4.60. The van der Waals surface area contributed by atoms with Crippen molar-refractivity contribution in [1.82, 2.24) is 10.4 Å². The second-order valence-electron chi connectivity index (χ2n) is 8.38. The lowest BCUT2D eigenvalue weighted by atomic mass is 9.68. The van der Waals surface area contributed by atoms with E-state index in [-0.39, 0.29) is 10.8 Å². The maximum atomic E-state index is 13.4. The van der Waals surface area contributed by atoms with E-state index in [0.717, 1.165) is 12.8 Å². The van der Waals surface area contributed by atoms with Crippen LogP contribution in [0.5, 0.6) is 0 Å². The zero-order valence-corrected chi connectivity index (χ0v) is 14.4. The fraction of sp³-hybridized carbons (Fsp3) is 0.476. The van der Waals surface area contributed by atoms with Gasteiger partial charge < -0.3 is 0 Å². The third-order valence-corrected chi connectivity index (χ3v) is 7.32. The Morgan fingerprint density at radius 3 is 2.75 bits per heavy atom. The smallest absolute Gasteiger partial charge is 0.245 e. The molecule has 1 heterocycles. The molecule has 2 aromatic carbocycles. The number of rotatable bonds is 2. The highest BCUT2D eigenvalue weighted by Gasteiger charge is 2.71. The lowest BCUT2D eigenvalue weighted by Crippen LogP contribution is -2.43. The molecule has 1 N–H and O–H groups in total. The summed E-state index contributed by atoms with van der Waals surface area (Å²) >= 11 is 0. The van der Waals surface area contributed by atoms with Gasteiger partial charge in [0.1, 0.15) is 0 Å². The summed E-state index contributed by atoms with van der Waals surface area (Å²) < 4.78 is 0. The molecular weight excluding hydrogens is 296 g/mol. The Labute approximate surface area is 143 Å². The standard InChI is InChI=1S/C21H24N2O/c1-20(2)16-10-11-21(20)18(12-16)22-23(19(21)24)13-15-8-5-7-14-6-3-4-9-17(14)15/h3-9,16,18,22H,10-13H2,1-2H3/t16-,18-,21+/m1/s1. The topological polar surface area (TPSA) is 32.3 Å². The van der Waals surface area contributed by atoms with Crippen LogP contribution in [0.1, 0.15) is 38.7 Å². The van der Waals surface area contributed by atoms with Gasteiger partial charge in [-0.2, -0.15) is 0 Å². The number of carbonyl (C=O) groups is 1. The van der Waals surface area contributed by atoms with Crippen LogP contribution in [-0.2, 0) is 11.3 Å². The van der Waals surface area contributed by atoms with Crippen molar-refractivity contribution in [1.29, 1.82) is 0 Å². The van der Waals surface area contributed by atoms with Crippen molar-refractivity contribution >= 4 is 16.7 Å². The molecule has 1 saturated heterocycles. The van der Waals surface area contributed by atoms with E-state index in [1.165, 1.54) is 22.8 Å². The van der Waals surface area contributed by atoms with Crippen LogP contribution in [0.4, 0.5) is 0 Å². The summed E-state index contributed by atoms with van der Waals surface area (Å²) in [5, 5.41) is 4.39. The summed E-state index contributed by atoms with van der Waals surface area (Å²) in [6.07, 6.45) is 3.40. The Hall–Kier alpha value is -1.87. The van der Waals surface area contributed by atoms with Crippen LogP contribution in [0.2, 0.25) is 0 Å². The van der Waals surface area contributed by atoms with Crippen LogP contribution >= 0.6 is 0 Å². The van der Waals surface area contributed by atoms with Gasteiger partial charge in [-0.05, 0) is 46.9 Å². The normalized spacial score (nSPS) is 33.4. The van der Waals surface area contributed by atoms with Crippen molar-refractivity contribution in [3.05, 3.63) is 48.0 Å². The van der Waals surface area contributed by atoms with E-state index in [9.17, 15) is 4.79 Å². The molecule has 1 amide bonds. The minimum absolute atomic E-state index is 0.120. The quantitative estimate of drug-likeness (QED) is 0.910. The van der Waals surface area contributed by atoms with Crippen LogP contribution in [0.25, 0.3) is 10.8 Å². The van der Waals surface area contributed by atoms with Gasteiger partial charge in [-0.15, -0.1) is 0 Å². The molecule has 2 saturated carbocycles. The molecule has 3 aliphatic rings. The minimum atomic E-state index is -0.178. The lowest BCUT2D eigenvalue weighted by molar-refractivity contribution is -0.141. The van der Waals surface area contributed by atoms with E-state index in [0.29, 0.717) is 24.4 Å². The molecule has 3 fully saturated rings. The summed E-state index contributed by atoms with van der Waals surface area (Å²) in [5.41, 5.74) is 4.74. The summed E-state index contributed by atoms with van der Waals surface area (Å²) in [5.74, 6) is 1.02. The number of amides is 1. The number of hydrogen-bond acceptors (Lipinski definition) is 2. The average Bonchev–Trinajstić information content (AvgIpc) is 3.10. The van der Waals surface area contributed by atoms with Crippen LogP contribution < -0.4 is 5.43 Å². The highest BCUT2D eigenvalue weighted by molar-refractivity contribution is 5.89. The van der Waals surface area contributed by atoms with Gasteiger partial charge in [0, 0.05) is 6.04 Å². The number of hydrazine groups is 1. The molecule has 5 rings (SSSR count). The molecule has 1 aliphatic heterocycles. The van der Waals surface area contributed by atoms with Gasteiger partial charge in [0.15, 0.2) is 0 Å². The number of nitrogens with one attached hydrogen (secondary N) is 1. The molecule has 0 aromatic heterocycles. The van der Waals surface area contributed by atoms with Gasteiger partial charge in [0.2, 0.25) is 5.91 Å².